The van der Waals surface area contributed by atoms with Crippen LogP contribution in [-0.4, -0.2) is 52.0 Å². The largest absolute Gasteiger partial charge is 0.379 e. The highest BCUT2D eigenvalue weighted by Crippen LogP contribution is 2.43. The lowest BCUT2D eigenvalue weighted by Crippen LogP contribution is -2.49. The number of hydrogen-bond acceptors (Lipinski definition) is 3. The molecule has 2 aliphatic rings. The van der Waals surface area contributed by atoms with Gasteiger partial charge in [0.2, 0.25) is 0 Å². The van der Waals surface area contributed by atoms with Crippen molar-refractivity contribution in [3.05, 3.63) is 35.6 Å². The molecule has 1 aromatic carbocycles. The number of nitrogens with one attached hydrogen (secondary N) is 2. The fourth-order valence-electron chi connectivity index (χ4n) is 3.82. The molecule has 1 saturated heterocycles. The molecule has 0 spiro atoms. The molecule has 0 radical (unpaired) electrons. The molecule has 0 aromatic heterocycles. The van der Waals surface area contributed by atoms with E-state index in [9.17, 15) is 4.39 Å². The second-order valence-corrected chi connectivity index (χ2v) is 7.56. The summed E-state index contributed by atoms with van der Waals surface area (Å²) in [6.07, 6.45) is 6.95. The number of rotatable bonds is 9. The number of guanidine groups is 1. The zero-order valence-electron chi connectivity index (χ0n) is 16.3. The number of ether oxygens (including phenoxy) is 2. The molecule has 1 unspecified atom stereocenters. The summed E-state index contributed by atoms with van der Waals surface area (Å²) in [7, 11) is 1.79. The van der Waals surface area contributed by atoms with Gasteiger partial charge in [-0.3, -0.25) is 4.99 Å². The Morgan fingerprint density at radius 3 is 2.70 bits per heavy atom. The molecular formula is C21H32FN3O2. The first-order chi connectivity index (χ1) is 13.2. The predicted molar refractivity (Wildman–Crippen MR) is 106 cm³/mol. The highest BCUT2D eigenvalue weighted by Gasteiger charge is 2.38. The second-order valence-electron chi connectivity index (χ2n) is 7.56. The van der Waals surface area contributed by atoms with Crippen LogP contribution in [0, 0.1) is 5.82 Å². The average Bonchev–Trinajstić information content (AvgIpc) is 3.16. The summed E-state index contributed by atoms with van der Waals surface area (Å²) in [5.41, 5.74) is 1.30. The Morgan fingerprint density at radius 1 is 1.26 bits per heavy atom. The van der Waals surface area contributed by atoms with E-state index < -0.39 is 0 Å². The Hall–Kier alpha value is -1.66. The van der Waals surface area contributed by atoms with Crippen LogP contribution in [-0.2, 0) is 14.9 Å². The summed E-state index contributed by atoms with van der Waals surface area (Å²) in [5.74, 6) is 0.628. The summed E-state index contributed by atoms with van der Waals surface area (Å²) in [4.78, 5) is 4.31. The molecule has 1 saturated carbocycles. The maximum absolute atomic E-state index is 13.2. The van der Waals surface area contributed by atoms with Crippen LogP contribution in [0.1, 0.15) is 44.1 Å². The van der Waals surface area contributed by atoms with E-state index >= 15 is 0 Å². The van der Waals surface area contributed by atoms with Crippen molar-refractivity contribution in [3.63, 3.8) is 0 Å². The van der Waals surface area contributed by atoms with Crippen molar-refractivity contribution in [2.45, 2.75) is 50.0 Å². The zero-order valence-corrected chi connectivity index (χ0v) is 16.3. The van der Waals surface area contributed by atoms with E-state index in [1.807, 2.05) is 12.1 Å². The van der Waals surface area contributed by atoms with Gasteiger partial charge in [-0.15, -0.1) is 0 Å². The summed E-state index contributed by atoms with van der Waals surface area (Å²) in [6, 6.07) is 6.94. The first kappa shape index (κ1) is 20.1. The number of hydrogen-bond donors (Lipinski definition) is 2. The Kier molecular flexibility index (Phi) is 7.47. The normalized spacial score (nSPS) is 21.7. The lowest BCUT2D eigenvalue weighted by molar-refractivity contribution is 0.0168. The third-order valence-electron chi connectivity index (χ3n) is 5.67. The molecule has 0 amide bonds. The molecule has 150 valence electrons. The number of benzene rings is 1. The smallest absolute Gasteiger partial charge is 0.191 e. The number of halogens is 1. The van der Waals surface area contributed by atoms with Crippen molar-refractivity contribution in [2.24, 2.45) is 4.99 Å². The van der Waals surface area contributed by atoms with Gasteiger partial charge in [0.1, 0.15) is 5.82 Å². The van der Waals surface area contributed by atoms with E-state index in [-0.39, 0.29) is 17.3 Å². The zero-order chi connectivity index (χ0) is 19.0. The van der Waals surface area contributed by atoms with Crippen LogP contribution < -0.4 is 10.6 Å². The first-order valence-electron chi connectivity index (χ1n) is 10.1. The molecule has 3 rings (SSSR count). The van der Waals surface area contributed by atoms with Crippen molar-refractivity contribution in [1.82, 2.24) is 10.6 Å². The Bertz CT molecular complexity index is 596. The van der Waals surface area contributed by atoms with Crippen molar-refractivity contribution < 1.29 is 13.9 Å². The maximum Gasteiger partial charge on any atom is 0.191 e. The van der Waals surface area contributed by atoms with Gasteiger partial charge < -0.3 is 20.1 Å². The molecule has 27 heavy (non-hydrogen) atoms. The Balaban J connectivity index is 1.35. The van der Waals surface area contributed by atoms with Crippen molar-refractivity contribution in [3.8, 4) is 0 Å². The van der Waals surface area contributed by atoms with E-state index in [1.165, 1.54) is 12.0 Å². The molecule has 2 fully saturated rings. The highest BCUT2D eigenvalue weighted by molar-refractivity contribution is 5.79. The van der Waals surface area contributed by atoms with Crippen molar-refractivity contribution in [1.29, 1.82) is 0 Å². The predicted octanol–water partition coefficient (Wildman–Crippen LogP) is 3.00. The fraction of sp³-hybridized carbons (Fsp3) is 0.667. The molecule has 1 aromatic rings. The van der Waals surface area contributed by atoms with Crippen LogP contribution in [0.3, 0.4) is 0 Å². The first-order valence-corrected chi connectivity index (χ1v) is 10.1. The topological polar surface area (TPSA) is 54.9 Å². The third kappa shape index (κ3) is 5.66. The molecule has 0 bridgehead atoms. The Morgan fingerprint density at radius 2 is 2.07 bits per heavy atom. The van der Waals surface area contributed by atoms with Gasteiger partial charge in [-0.1, -0.05) is 18.6 Å². The Labute approximate surface area is 161 Å². The SMILES string of the molecule is CN=C(NCCCOCC1CCCO1)NCC1(c2ccc(F)cc2)CCC1. The van der Waals surface area contributed by atoms with E-state index in [1.54, 1.807) is 19.2 Å². The molecule has 2 N–H and O–H groups in total. The van der Waals surface area contributed by atoms with E-state index in [0.29, 0.717) is 6.61 Å². The summed E-state index contributed by atoms with van der Waals surface area (Å²) < 4.78 is 24.5. The minimum Gasteiger partial charge on any atom is -0.379 e. The molecule has 6 heteroatoms. The highest BCUT2D eigenvalue weighted by atomic mass is 19.1. The molecule has 1 heterocycles. The van der Waals surface area contributed by atoms with E-state index in [2.05, 4.69) is 15.6 Å². The summed E-state index contributed by atoms with van der Waals surface area (Å²) >= 11 is 0. The quantitative estimate of drug-likeness (QED) is 0.395. The van der Waals surface area contributed by atoms with Gasteiger partial charge in [0, 0.05) is 38.8 Å². The van der Waals surface area contributed by atoms with Gasteiger partial charge in [-0.05, 0) is 49.8 Å². The third-order valence-corrected chi connectivity index (χ3v) is 5.67. The molecule has 1 atom stereocenters. The van der Waals surface area contributed by atoms with Crippen LogP contribution in [0.15, 0.2) is 29.3 Å². The van der Waals surface area contributed by atoms with Gasteiger partial charge in [0.15, 0.2) is 5.96 Å². The van der Waals surface area contributed by atoms with Crippen molar-refractivity contribution in [2.75, 3.05) is 40.0 Å². The van der Waals surface area contributed by atoms with Crippen LogP contribution in [0.4, 0.5) is 4.39 Å². The lowest BCUT2D eigenvalue weighted by atomic mass is 9.64. The van der Waals surface area contributed by atoms with Crippen LogP contribution in [0.2, 0.25) is 0 Å². The van der Waals surface area contributed by atoms with Crippen LogP contribution in [0.5, 0.6) is 0 Å². The second kappa shape index (κ2) is 10.0. The monoisotopic (exact) mass is 377 g/mol. The van der Waals surface area contributed by atoms with Gasteiger partial charge >= 0.3 is 0 Å². The minimum absolute atomic E-state index is 0.0930. The molecule has 1 aliphatic carbocycles. The number of nitrogens with zero attached hydrogens (tertiary/aromatic N) is 1. The van der Waals surface area contributed by atoms with E-state index in [0.717, 1.165) is 64.4 Å². The van der Waals surface area contributed by atoms with Crippen LogP contribution in [0.25, 0.3) is 0 Å². The molecule has 5 nitrogen and oxygen atoms in total. The number of aliphatic imine (C=N–C) groups is 1. The lowest BCUT2D eigenvalue weighted by Gasteiger charge is -2.43. The van der Waals surface area contributed by atoms with Gasteiger partial charge in [-0.2, -0.15) is 0 Å². The average molecular weight is 378 g/mol. The summed E-state index contributed by atoms with van der Waals surface area (Å²) in [5, 5.41) is 6.79. The van der Waals surface area contributed by atoms with Gasteiger partial charge in [-0.25, -0.2) is 4.39 Å². The van der Waals surface area contributed by atoms with Crippen molar-refractivity contribution >= 4 is 5.96 Å². The minimum atomic E-state index is -0.180. The molecular weight excluding hydrogens is 345 g/mol. The maximum atomic E-state index is 13.2. The van der Waals surface area contributed by atoms with E-state index in [4.69, 9.17) is 9.47 Å². The van der Waals surface area contributed by atoms with Crippen LogP contribution >= 0.6 is 0 Å². The van der Waals surface area contributed by atoms with Gasteiger partial charge in [0.25, 0.3) is 0 Å². The van der Waals surface area contributed by atoms with Gasteiger partial charge in [0.05, 0.1) is 12.7 Å². The fourth-order valence-corrected chi connectivity index (χ4v) is 3.82. The standard InChI is InChI=1S/C21H32FN3O2/c1-23-20(24-12-4-13-26-15-19-5-2-14-27-19)25-16-21(10-3-11-21)17-6-8-18(22)9-7-17/h6-9,19H,2-5,10-16H2,1H3,(H2,23,24,25). The summed E-state index contributed by atoms with van der Waals surface area (Å²) in [6.45, 7) is 3.93. The molecule has 1 aliphatic heterocycles.